The molecular formula is C17H21NO5S. The molecule has 3 rings (SSSR count). The van der Waals surface area contributed by atoms with Gasteiger partial charge >= 0.3 is 5.97 Å². The number of amides is 1. The summed E-state index contributed by atoms with van der Waals surface area (Å²) in [4.78, 5) is 26.7. The molecule has 2 unspecified atom stereocenters. The van der Waals surface area contributed by atoms with Crippen LogP contribution in [-0.4, -0.2) is 55.9 Å². The van der Waals surface area contributed by atoms with Crippen molar-refractivity contribution in [3.63, 3.8) is 0 Å². The highest BCUT2D eigenvalue weighted by Crippen LogP contribution is 2.39. The smallest absolute Gasteiger partial charge is 0.338 e. The lowest BCUT2D eigenvalue weighted by atomic mass is 9.99. The van der Waals surface area contributed by atoms with Gasteiger partial charge in [-0.2, -0.15) is 0 Å². The van der Waals surface area contributed by atoms with Gasteiger partial charge in [0.15, 0.2) is 0 Å². The van der Waals surface area contributed by atoms with Gasteiger partial charge in [0.25, 0.3) is 5.91 Å². The first-order valence-corrected chi connectivity index (χ1v) is 9.97. The molecule has 2 aliphatic rings. The summed E-state index contributed by atoms with van der Waals surface area (Å²) in [5, 5.41) is -0.380. The second-order valence-corrected chi connectivity index (χ2v) is 8.88. The van der Waals surface area contributed by atoms with Crippen molar-refractivity contribution in [3.8, 4) is 0 Å². The van der Waals surface area contributed by atoms with Gasteiger partial charge in [0.2, 0.25) is 0 Å². The predicted molar refractivity (Wildman–Crippen MR) is 88.6 cm³/mol. The molecule has 1 aromatic carbocycles. The van der Waals surface area contributed by atoms with E-state index in [-0.39, 0.29) is 28.8 Å². The van der Waals surface area contributed by atoms with E-state index in [1.54, 1.807) is 29.2 Å². The number of carbonyl (C=O) groups excluding carboxylic acids is 2. The van der Waals surface area contributed by atoms with Gasteiger partial charge in [-0.05, 0) is 37.8 Å². The molecule has 0 aliphatic carbocycles. The van der Waals surface area contributed by atoms with E-state index < -0.39 is 15.8 Å². The first kappa shape index (κ1) is 17.0. The van der Waals surface area contributed by atoms with Crippen molar-refractivity contribution in [1.82, 2.24) is 4.90 Å². The summed E-state index contributed by atoms with van der Waals surface area (Å²) in [5.41, 5.74) is 0.564. The van der Waals surface area contributed by atoms with Gasteiger partial charge in [-0.1, -0.05) is 12.1 Å². The van der Waals surface area contributed by atoms with Gasteiger partial charge < -0.3 is 9.64 Å². The lowest BCUT2D eigenvalue weighted by Crippen LogP contribution is -2.49. The molecule has 2 heterocycles. The molecule has 2 aliphatic heterocycles. The minimum atomic E-state index is -3.10. The molecule has 2 bridgehead atoms. The van der Waals surface area contributed by atoms with Crippen LogP contribution in [0.15, 0.2) is 24.3 Å². The molecule has 0 spiro atoms. The standard InChI is InChI=1S/C17H21NO5S/c1-23-17(20)15-6-4-3-5-14(15)16(19)18-11-7-8-12(18)10-13(9-11)24(2,21)22/h3-6,11-13H,7-10H2,1-2H3. The summed E-state index contributed by atoms with van der Waals surface area (Å²) in [7, 11) is -1.82. The van der Waals surface area contributed by atoms with Gasteiger partial charge in [-0.15, -0.1) is 0 Å². The van der Waals surface area contributed by atoms with Crippen LogP contribution in [0, 0.1) is 0 Å². The number of sulfone groups is 1. The van der Waals surface area contributed by atoms with Crippen molar-refractivity contribution in [1.29, 1.82) is 0 Å². The average Bonchev–Trinajstić information content (AvgIpc) is 2.81. The number of carbonyl (C=O) groups is 2. The zero-order valence-electron chi connectivity index (χ0n) is 13.8. The number of rotatable bonds is 3. The van der Waals surface area contributed by atoms with Crippen LogP contribution in [0.1, 0.15) is 46.4 Å². The Labute approximate surface area is 141 Å². The van der Waals surface area contributed by atoms with Crippen LogP contribution >= 0.6 is 0 Å². The van der Waals surface area contributed by atoms with E-state index in [0.717, 1.165) is 12.8 Å². The summed E-state index contributed by atoms with van der Waals surface area (Å²) in [6, 6.07) is 6.43. The van der Waals surface area contributed by atoms with E-state index in [9.17, 15) is 18.0 Å². The molecular weight excluding hydrogens is 330 g/mol. The highest BCUT2D eigenvalue weighted by molar-refractivity contribution is 7.91. The zero-order chi connectivity index (χ0) is 17.5. The van der Waals surface area contributed by atoms with Crippen LogP contribution in [-0.2, 0) is 14.6 Å². The van der Waals surface area contributed by atoms with E-state index in [2.05, 4.69) is 0 Å². The second-order valence-electron chi connectivity index (χ2n) is 6.56. The molecule has 2 atom stereocenters. The number of benzene rings is 1. The van der Waals surface area contributed by atoms with Crippen molar-refractivity contribution in [3.05, 3.63) is 35.4 Å². The van der Waals surface area contributed by atoms with Gasteiger partial charge in [-0.3, -0.25) is 4.79 Å². The fraction of sp³-hybridized carbons (Fsp3) is 0.529. The SMILES string of the molecule is COC(=O)c1ccccc1C(=O)N1C2CCC1CC(S(C)(=O)=O)C2. The number of hydrogen-bond acceptors (Lipinski definition) is 5. The third-order valence-electron chi connectivity index (χ3n) is 5.09. The Hall–Kier alpha value is -1.89. The van der Waals surface area contributed by atoms with E-state index in [4.69, 9.17) is 4.74 Å². The number of hydrogen-bond donors (Lipinski definition) is 0. The topological polar surface area (TPSA) is 80.8 Å². The van der Waals surface area contributed by atoms with E-state index in [1.807, 2.05) is 0 Å². The van der Waals surface area contributed by atoms with E-state index in [1.165, 1.54) is 13.4 Å². The molecule has 0 aromatic heterocycles. The molecule has 7 heteroatoms. The van der Waals surface area contributed by atoms with Crippen molar-refractivity contribution in [2.45, 2.75) is 43.0 Å². The Morgan fingerprint density at radius 1 is 1.08 bits per heavy atom. The van der Waals surface area contributed by atoms with Crippen LogP contribution in [0.25, 0.3) is 0 Å². The fourth-order valence-electron chi connectivity index (χ4n) is 3.90. The van der Waals surface area contributed by atoms with Gasteiger partial charge in [-0.25, -0.2) is 13.2 Å². The predicted octanol–water partition coefficient (Wildman–Crippen LogP) is 1.65. The van der Waals surface area contributed by atoms with E-state index >= 15 is 0 Å². The van der Waals surface area contributed by atoms with Crippen molar-refractivity contribution in [2.75, 3.05) is 13.4 Å². The second kappa shape index (κ2) is 6.20. The number of esters is 1. The summed E-state index contributed by atoms with van der Waals surface area (Å²) in [5.74, 6) is -0.757. The van der Waals surface area contributed by atoms with Crippen LogP contribution in [0.2, 0.25) is 0 Å². The van der Waals surface area contributed by atoms with Gasteiger partial charge in [0.1, 0.15) is 9.84 Å². The molecule has 1 aromatic rings. The first-order chi connectivity index (χ1) is 11.3. The number of methoxy groups -OCH3 is 1. The minimum Gasteiger partial charge on any atom is -0.465 e. The molecule has 24 heavy (non-hydrogen) atoms. The number of fused-ring (bicyclic) bond motifs is 2. The first-order valence-electron chi connectivity index (χ1n) is 8.01. The molecule has 0 saturated carbocycles. The van der Waals surface area contributed by atoms with Gasteiger partial charge in [0.05, 0.1) is 23.5 Å². The van der Waals surface area contributed by atoms with Crippen molar-refractivity contribution < 1.29 is 22.7 Å². The molecule has 2 saturated heterocycles. The van der Waals surface area contributed by atoms with Crippen LogP contribution < -0.4 is 0 Å². The Morgan fingerprint density at radius 3 is 2.12 bits per heavy atom. The van der Waals surface area contributed by atoms with Crippen LogP contribution in [0.4, 0.5) is 0 Å². The molecule has 0 radical (unpaired) electrons. The Balaban J connectivity index is 1.89. The number of nitrogens with zero attached hydrogens (tertiary/aromatic N) is 1. The normalized spacial score (nSPS) is 26.2. The minimum absolute atomic E-state index is 0.0818. The fourth-order valence-corrected chi connectivity index (χ4v) is 5.05. The van der Waals surface area contributed by atoms with Crippen molar-refractivity contribution in [2.24, 2.45) is 0 Å². The molecule has 0 N–H and O–H groups in total. The monoisotopic (exact) mass is 351 g/mol. The number of piperidine rings is 1. The van der Waals surface area contributed by atoms with E-state index in [0.29, 0.717) is 18.4 Å². The van der Waals surface area contributed by atoms with Crippen molar-refractivity contribution >= 4 is 21.7 Å². The largest absolute Gasteiger partial charge is 0.465 e. The lowest BCUT2D eigenvalue weighted by Gasteiger charge is -2.38. The molecule has 2 fully saturated rings. The summed E-state index contributed by atoms with van der Waals surface area (Å²) in [6.45, 7) is 0. The summed E-state index contributed by atoms with van der Waals surface area (Å²) in [6.07, 6.45) is 3.83. The molecule has 6 nitrogen and oxygen atoms in total. The Bertz CT molecular complexity index is 759. The summed E-state index contributed by atoms with van der Waals surface area (Å²) < 4.78 is 28.5. The lowest BCUT2D eigenvalue weighted by molar-refractivity contribution is 0.0556. The summed E-state index contributed by atoms with van der Waals surface area (Å²) >= 11 is 0. The van der Waals surface area contributed by atoms with Crippen LogP contribution in [0.5, 0.6) is 0 Å². The maximum atomic E-state index is 13.0. The number of ether oxygens (including phenoxy) is 1. The Kier molecular flexibility index (Phi) is 4.38. The third kappa shape index (κ3) is 2.92. The average molecular weight is 351 g/mol. The molecule has 130 valence electrons. The quantitative estimate of drug-likeness (QED) is 0.774. The van der Waals surface area contributed by atoms with Crippen LogP contribution in [0.3, 0.4) is 0 Å². The maximum absolute atomic E-state index is 13.0. The third-order valence-corrected chi connectivity index (χ3v) is 6.69. The highest BCUT2D eigenvalue weighted by atomic mass is 32.2. The molecule has 1 amide bonds. The maximum Gasteiger partial charge on any atom is 0.338 e. The zero-order valence-corrected chi connectivity index (χ0v) is 14.6. The highest BCUT2D eigenvalue weighted by Gasteiger charge is 2.46. The Morgan fingerprint density at radius 2 is 1.62 bits per heavy atom. The van der Waals surface area contributed by atoms with Gasteiger partial charge in [0, 0.05) is 18.3 Å².